The van der Waals surface area contributed by atoms with E-state index in [2.05, 4.69) is 11.8 Å². The Morgan fingerprint density at radius 3 is 2.21 bits per heavy atom. The number of ether oxygens (including phenoxy) is 1. The summed E-state index contributed by atoms with van der Waals surface area (Å²) < 4.78 is 5.64. The molecule has 0 aromatic heterocycles. The quantitative estimate of drug-likeness (QED) is 0.449. The zero-order valence-electron chi connectivity index (χ0n) is 13.5. The lowest BCUT2D eigenvalue weighted by Crippen LogP contribution is -1.96. The van der Waals surface area contributed by atoms with Crippen molar-refractivity contribution in [3.8, 4) is 16.9 Å². The number of carboxylic acid groups (broad SMARTS) is 1. The lowest BCUT2D eigenvalue weighted by atomic mass is 10.0. The van der Waals surface area contributed by atoms with Crippen LogP contribution >= 0.6 is 0 Å². The van der Waals surface area contributed by atoms with Crippen molar-refractivity contribution < 1.29 is 14.6 Å². The van der Waals surface area contributed by atoms with Gasteiger partial charge in [-0.25, -0.2) is 4.85 Å². The minimum absolute atomic E-state index is 0.295. The summed E-state index contributed by atoms with van der Waals surface area (Å²) in [5.41, 5.74) is 2.46. The number of benzene rings is 2. The molecule has 0 bridgehead atoms. The molecule has 0 aliphatic heterocycles. The monoisotopic (exact) mass is 321 g/mol. The van der Waals surface area contributed by atoms with Crippen LogP contribution in [0.2, 0.25) is 0 Å². The fourth-order valence-electron chi connectivity index (χ4n) is 2.15. The summed E-state index contributed by atoms with van der Waals surface area (Å²) in [6.07, 6.45) is 3.51. The van der Waals surface area contributed by atoms with Crippen LogP contribution < -0.4 is 4.74 Å². The van der Waals surface area contributed by atoms with Crippen LogP contribution in [-0.2, 0) is 4.79 Å². The maximum Gasteiger partial charge on any atom is 0.333 e. The van der Waals surface area contributed by atoms with Gasteiger partial charge in [0.15, 0.2) is 0 Å². The first-order valence-corrected chi connectivity index (χ1v) is 7.79. The van der Waals surface area contributed by atoms with E-state index < -0.39 is 5.97 Å². The number of hydrogen-bond acceptors (Lipinski definition) is 2. The average molecular weight is 321 g/mol. The second-order valence-corrected chi connectivity index (χ2v) is 5.29. The van der Waals surface area contributed by atoms with Crippen molar-refractivity contribution in [2.75, 3.05) is 6.61 Å². The van der Waals surface area contributed by atoms with E-state index in [1.54, 1.807) is 12.1 Å². The van der Waals surface area contributed by atoms with Crippen LogP contribution in [0.4, 0.5) is 0 Å². The van der Waals surface area contributed by atoms with Gasteiger partial charge in [0, 0.05) is 0 Å². The van der Waals surface area contributed by atoms with Crippen molar-refractivity contribution in [3.63, 3.8) is 0 Å². The molecule has 24 heavy (non-hydrogen) atoms. The molecule has 2 aromatic rings. The third-order valence-corrected chi connectivity index (χ3v) is 3.51. The molecule has 0 unspecified atom stereocenters. The Labute approximate surface area is 141 Å². The van der Waals surface area contributed by atoms with E-state index in [1.165, 1.54) is 6.08 Å². The van der Waals surface area contributed by atoms with Crippen LogP contribution in [0.5, 0.6) is 5.75 Å². The molecule has 0 aliphatic carbocycles. The first-order chi connectivity index (χ1) is 11.6. The topological polar surface area (TPSA) is 50.9 Å². The first-order valence-electron chi connectivity index (χ1n) is 7.79. The van der Waals surface area contributed by atoms with Crippen molar-refractivity contribution in [1.29, 1.82) is 0 Å². The molecule has 0 radical (unpaired) electrons. The predicted molar refractivity (Wildman–Crippen MR) is 94.5 cm³/mol. The van der Waals surface area contributed by atoms with E-state index in [-0.39, 0.29) is 5.70 Å². The zero-order chi connectivity index (χ0) is 17.4. The van der Waals surface area contributed by atoms with Gasteiger partial charge in [0.25, 0.3) is 5.70 Å². The molecule has 122 valence electrons. The molecular weight excluding hydrogens is 302 g/mol. The van der Waals surface area contributed by atoms with Gasteiger partial charge in [0.2, 0.25) is 0 Å². The summed E-state index contributed by atoms with van der Waals surface area (Å²) in [5.74, 6) is -0.359. The van der Waals surface area contributed by atoms with E-state index in [4.69, 9.17) is 16.4 Å². The number of nitrogens with zero attached hydrogens (tertiary/aromatic N) is 1. The number of unbranched alkanes of at least 4 members (excludes halogenated alkanes) is 1. The molecule has 0 spiro atoms. The van der Waals surface area contributed by atoms with E-state index >= 15 is 0 Å². The molecular formula is C20H19NO3. The third-order valence-electron chi connectivity index (χ3n) is 3.51. The Morgan fingerprint density at radius 2 is 1.71 bits per heavy atom. The average Bonchev–Trinajstić information content (AvgIpc) is 2.61. The normalized spacial score (nSPS) is 10.9. The van der Waals surface area contributed by atoms with Gasteiger partial charge in [-0.05, 0) is 41.3 Å². The van der Waals surface area contributed by atoms with Crippen LogP contribution in [0.15, 0.2) is 54.2 Å². The first kappa shape index (κ1) is 17.3. The highest BCUT2D eigenvalue weighted by Crippen LogP contribution is 2.23. The van der Waals surface area contributed by atoms with E-state index in [1.807, 2.05) is 36.4 Å². The number of hydrogen-bond donors (Lipinski definition) is 1. The SMILES string of the molecule is [C-]#[N+]/C(=C\c1ccc(-c2ccc(OCCCC)cc2)cc1)C(=O)O. The fraction of sp³-hybridized carbons (Fsp3) is 0.200. The summed E-state index contributed by atoms with van der Waals surface area (Å²) in [5, 5.41) is 8.88. The van der Waals surface area contributed by atoms with Gasteiger partial charge >= 0.3 is 5.97 Å². The van der Waals surface area contributed by atoms with Crippen molar-refractivity contribution >= 4 is 12.0 Å². The fourth-order valence-corrected chi connectivity index (χ4v) is 2.15. The van der Waals surface area contributed by atoms with E-state index in [0.29, 0.717) is 5.56 Å². The zero-order valence-corrected chi connectivity index (χ0v) is 13.5. The minimum Gasteiger partial charge on any atom is -0.494 e. The molecule has 0 atom stereocenters. The highest BCUT2D eigenvalue weighted by molar-refractivity contribution is 5.94. The molecule has 4 heteroatoms. The molecule has 2 rings (SSSR count). The van der Waals surface area contributed by atoms with Gasteiger partial charge in [-0.2, -0.15) is 0 Å². The Bertz CT molecular complexity index is 753. The molecule has 4 nitrogen and oxygen atoms in total. The largest absolute Gasteiger partial charge is 0.494 e. The molecule has 0 saturated carbocycles. The highest BCUT2D eigenvalue weighted by Gasteiger charge is 2.06. The molecule has 0 fully saturated rings. The van der Waals surface area contributed by atoms with Crippen LogP contribution in [0, 0.1) is 6.57 Å². The van der Waals surface area contributed by atoms with Gasteiger partial charge < -0.3 is 9.84 Å². The Hall–Kier alpha value is -3.06. The van der Waals surface area contributed by atoms with Crippen molar-refractivity contribution in [3.05, 3.63) is 71.2 Å². The minimum atomic E-state index is -1.22. The van der Waals surface area contributed by atoms with Crippen molar-refractivity contribution in [2.45, 2.75) is 19.8 Å². The summed E-state index contributed by atoms with van der Waals surface area (Å²) >= 11 is 0. The van der Waals surface area contributed by atoms with Crippen molar-refractivity contribution in [1.82, 2.24) is 0 Å². The van der Waals surface area contributed by atoms with Gasteiger partial charge in [-0.15, -0.1) is 0 Å². The number of aliphatic carboxylic acids is 1. The number of carboxylic acids is 1. The van der Waals surface area contributed by atoms with Crippen LogP contribution in [0.3, 0.4) is 0 Å². The summed E-state index contributed by atoms with van der Waals surface area (Å²) in [7, 11) is 0. The van der Waals surface area contributed by atoms with Gasteiger partial charge in [0.1, 0.15) is 5.75 Å². The smallest absolute Gasteiger partial charge is 0.333 e. The predicted octanol–water partition coefficient (Wildman–Crippen LogP) is 4.88. The van der Waals surface area contributed by atoms with Gasteiger partial charge in [0.05, 0.1) is 13.2 Å². The van der Waals surface area contributed by atoms with Crippen LogP contribution in [-0.4, -0.2) is 17.7 Å². The second-order valence-electron chi connectivity index (χ2n) is 5.29. The molecule has 1 N–H and O–H groups in total. The van der Waals surface area contributed by atoms with E-state index in [9.17, 15) is 4.79 Å². The number of rotatable bonds is 7. The summed E-state index contributed by atoms with van der Waals surface area (Å²) in [6.45, 7) is 9.71. The third kappa shape index (κ3) is 4.72. The molecule has 0 aliphatic rings. The standard InChI is InChI=1S/C20H19NO3/c1-3-4-13-24-18-11-9-17(10-12-18)16-7-5-15(6-8-16)14-19(21-2)20(22)23/h5-12,14H,3-4,13H2,1H3,(H,22,23)/b19-14-. The molecule has 0 heterocycles. The van der Waals surface area contributed by atoms with Gasteiger partial charge in [-0.1, -0.05) is 49.7 Å². The van der Waals surface area contributed by atoms with Crippen LogP contribution in [0.25, 0.3) is 22.0 Å². The Kier molecular flexibility index (Phi) is 6.16. The van der Waals surface area contributed by atoms with E-state index in [0.717, 1.165) is 36.3 Å². The van der Waals surface area contributed by atoms with Gasteiger partial charge in [-0.3, -0.25) is 4.79 Å². The highest BCUT2D eigenvalue weighted by atomic mass is 16.5. The lowest BCUT2D eigenvalue weighted by Gasteiger charge is -2.07. The molecule has 0 amide bonds. The Morgan fingerprint density at radius 1 is 1.12 bits per heavy atom. The summed E-state index contributed by atoms with van der Waals surface area (Å²) in [4.78, 5) is 13.9. The maximum atomic E-state index is 10.9. The molecule has 0 saturated heterocycles. The summed E-state index contributed by atoms with van der Waals surface area (Å²) in [6, 6.07) is 15.3. The maximum absolute atomic E-state index is 10.9. The lowest BCUT2D eigenvalue weighted by molar-refractivity contribution is -0.132. The number of carbonyl (C=O) groups is 1. The van der Waals surface area contributed by atoms with Crippen molar-refractivity contribution in [2.24, 2.45) is 0 Å². The second kappa shape index (κ2) is 8.54. The molecule has 2 aromatic carbocycles. The Balaban J connectivity index is 2.11. The van der Waals surface area contributed by atoms with Crippen LogP contribution in [0.1, 0.15) is 25.3 Å².